The highest BCUT2D eigenvalue weighted by atomic mass is 32.1. The summed E-state index contributed by atoms with van der Waals surface area (Å²) in [5.41, 5.74) is 2.14. The molecule has 1 aliphatic rings. The summed E-state index contributed by atoms with van der Waals surface area (Å²) in [6, 6.07) is 6.76. The highest BCUT2D eigenvalue weighted by Gasteiger charge is 2.20. The van der Waals surface area contributed by atoms with Gasteiger partial charge in [-0.1, -0.05) is 12.1 Å². The Kier molecular flexibility index (Phi) is 8.00. The normalized spacial score (nSPS) is 16.2. The predicted molar refractivity (Wildman–Crippen MR) is 119 cm³/mol. The van der Waals surface area contributed by atoms with Gasteiger partial charge in [-0.15, -0.1) is 11.3 Å². The summed E-state index contributed by atoms with van der Waals surface area (Å²) in [4.78, 5) is 14.0. The lowest BCUT2D eigenvalue weighted by Gasteiger charge is -2.31. The summed E-state index contributed by atoms with van der Waals surface area (Å²) < 4.78 is 13.5. The number of aliphatic imine (C=N–C) groups is 1. The van der Waals surface area contributed by atoms with Gasteiger partial charge in [0.2, 0.25) is 0 Å². The molecule has 29 heavy (non-hydrogen) atoms. The van der Waals surface area contributed by atoms with E-state index in [0.717, 1.165) is 49.3 Å². The van der Waals surface area contributed by atoms with Gasteiger partial charge in [0.05, 0.1) is 10.7 Å². The molecule has 0 bridgehead atoms. The Balaban J connectivity index is 1.49. The van der Waals surface area contributed by atoms with Gasteiger partial charge in [-0.25, -0.2) is 9.37 Å². The number of guanidine groups is 1. The average molecular weight is 418 g/mol. The average Bonchev–Trinajstić information content (AvgIpc) is 3.11. The minimum Gasteiger partial charge on any atom is -0.357 e. The van der Waals surface area contributed by atoms with E-state index in [4.69, 9.17) is 4.99 Å². The van der Waals surface area contributed by atoms with Crippen molar-refractivity contribution in [3.63, 3.8) is 0 Å². The highest BCUT2D eigenvalue weighted by molar-refractivity contribution is 7.09. The third kappa shape index (κ3) is 6.78. The maximum absolute atomic E-state index is 13.5. The van der Waals surface area contributed by atoms with Crippen LogP contribution < -0.4 is 5.32 Å². The molecule has 1 N–H and O–H groups in total. The Morgan fingerprint density at radius 3 is 2.83 bits per heavy atom. The quantitative estimate of drug-likeness (QED) is 0.548. The summed E-state index contributed by atoms with van der Waals surface area (Å²) in [5.74, 6) is 1.30. The molecule has 0 amide bonds. The number of hydrogen-bond acceptors (Lipinski definition) is 4. The van der Waals surface area contributed by atoms with E-state index in [1.165, 1.54) is 24.6 Å². The molecule has 1 aromatic heterocycles. The topological polar surface area (TPSA) is 43.8 Å². The number of nitrogens with one attached hydrogen (secondary N) is 1. The molecule has 0 unspecified atom stereocenters. The molecule has 1 aromatic carbocycles. The molecule has 0 radical (unpaired) electrons. The van der Waals surface area contributed by atoms with Crippen LogP contribution in [0.2, 0.25) is 0 Å². The van der Waals surface area contributed by atoms with Crippen LogP contribution in [0, 0.1) is 18.7 Å². The number of nitrogens with zero attached hydrogens (tertiary/aromatic N) is 4. The summed E-state index contributed by atoms with van der Waals surface area (Å²) in [7, 11) is 2.00. The van der Waals surface area contributed by atoms with Crippen molar-refractivity contribution >= 4 is 17.3 Å². The fourth-order valence-electron chi connectivity index (χ4n) is 3.71. The zero-order valence-electron chi connectivity index (χ0n) is 17.7. The fraction of sp³-hybridized carbons (Fsp3) is 0.545. The minimum atomic E-state index is -0.197. The van der Waals surface area contributed by atoms with Crippen LogP contribution in [0.1, 0.15) is 36.0 Å². The second kappa shape index (κ2) is 10.7. The number of piperidine rings is 1. The van der Waals surface area contributed by atoms with Crippen LogP contribution in [0.4, 0.5) is 4.39 Å². The zero-order valence-corrected chi connectivity index (χ0v) is 18.5. The molecule has 0 atom stereocenters. The molecule has 1 fully saturated rings. The van der Waals surface area contributed by atoms with Gasteiger partial charge in [0.25, 0.3) is 0 Å². The van der Waals surface area contributed by atoms with Crippen LogP contribution in [0.15, 0.2) is 34.6 Å². The van der Waals surface area contributed by atoms with E-state index in [1.807, 2.05) is 13.1 Å². The Hall–Kier alpha value is -1.99. The van der Waals surface area contributed by atoms with E-state index in [9.17, 15) is 4.39 Å². The van der Waals surface area contributed by atoms with Gasteiger partial charge in [0.1, 0.15) is 5.82 Å². The highest BCUT2D eigenvalue weighted by Crippen LogP contribution is 2.20. The number of halogens is 1. The summed E-state index contributed by atoms with van der Waals surface area (Å²) in [5, 5.41) is 6.68. The van der Waals surface area contributed by atoms with Gasteiger partial charge in [-0.2, -0.15) is 0 Å². The van der Waals surface area contributed by atoms with Gasteiger partial charge in [-0.3, -0.25) is 9.89 Å². The Morgan fingerprint density at radius 2 is 2.17 bits per heavy atom. The monoisotopic (exact) mass is 417 g/mol. The van der Waals surface area contributed by atoms with Crippen molar-refractivity contribution in [2.75, 3.05) is 33.2 Å². The van der Waals surface area contributed by atoms with E-state index in [-0.39, 0.29) is 5.82 Å². The van der Waals surface area contributed by atoms with Crippen molar-refractivity contribution in [1.82, 2.24) is 20.1 Å². The van der Waals surface area contributed by atoms with E-state index >= 15 is 0 Å². The van der Waals surface area contributed by atoms with Crippen molar-refractivity contribution < 1.29 is 4.39 Å². The molecule has 1 aliphatic heterocycles. The first kappa shape index (κ1) is 21.7. The van der Waals surface area contributed by atoms with Crippen molar-refractivity contribution in [3.05, 3.63) is 51.7 Å². The molecule has 3 rings (SSSR count). The third-order valence-electron chi connectivity index (χ3n) is 5.26. The molecule has 7 heteroatoms. The van der Waals surface area contributed by atoms with Crippen LogP contribution in [0.5, 0.6) is 0 Å². The third-order valence-corrected chi connectivity index (χ3v) is 6.09. The maximum Gasteiger partial charge on any atom is 0.193 e. The van der Waals surface area contributed by atoms with E-state index < -0.39 is 0 Å². The van der Waals surface area contributed by atoms with Crippen molar-refractivity contribution in [3.8, 4) is 0 Å². The smallest absolute Gasteiger partial charge is 0.193 e. The maximum atomic E-state index is 13.5. The molecular formula is C22H32FN5S. The lowest BCUT2D eigenvalue weighted by Crippen LogP contribution is -2.39. The number of aromatic nitrogens is 1. The molecule has 0 saturated carbocycles. The van der Waals surface area contributed by atoms with Crippen molar-refractivity contribution in [2.24, 2.45) is 10.9 Å². The van der Waals surface area contributed by atoms with E-state index in [1.54, 1.807) is 23.5 Å². The molecule has 0 spiro atoms. The zero-order chi connectivity index (χ0) is 20.6. The second-order valence-corrected chi connectivity index (χ2v) is 8.82. The molecule has 2 heterocycles. The molecular weight excluding hydrogens is 385 g/mol. The van der Waals surface area contributed by atoms with E-state index in [0.29, 0.717) is 12.5 Å². The Bertz CT molecular complexity index is 798. The summed E-state index contributed by atoms with van der Waals surface area (Å²) in [6.07, 6.45) is 2.33. The van der Waals surface area contributed by atoms with Gasteiger partial charge < -0.3 is 10.2 Å². The predicted octanol–water partition coefficient (Wildman–Crippen LogP) is 3.90. The SMILES string of the molecule is CCNC(=NCC1CCN(Cc2csc(C)n2)CC1)N(C)Cc1cccc(F)c1. The number of likely N-dealkylation sites (tertiary alicyclic amines) is 1. The number of benzene rings is 1. The lowest BCUT2D eigenvalue weighted by atomic mass is 9.97. The fourth-order valence-corrected chi connectivity index (χ4v) is 4.31. The van der Waals surface area contributed by atoms with Crippen LogP contribution in [0.25, 0.3) is 0 Å². The van der Waals surface area contributed by atoms with Crippen LogP contribution in [-0.4, -0.2) is 54.0 Å². The first-order valence-electron chi connectivity index (χ1n) is 10.4. The Morgan fingerprint density at radius 1 is 1.38 bits per heavy atom. The minimum absolute atomic E-state index is 0.197. The van der Waals surface area contributed by atoms with Crippen molar-refractivity contribution in [2.45, 2.75) is 39.8 Å². The van der Waals surface area contributed by atoms with Crippen LogP contribution >= 0.6 is 11.3 Å². The molecule has 2 aromatic rings. The van der Waals surface area contributed by atoms with Gasteiger partial charge in [0, 0.05) is 38.6 Å². The van der Waals surface area contributed by atoms with Crippen LogP contribution in [-0.2, 0) is 13.1 Å². The largest absolute Gasteiger partial charge is 0.357 e. The standard InChI is InChI=1S/C22H32FN5S/c1-4-24-22(27(3)14-19-6-5-7-20(23)12-19)25-13-18-8-10-28(11-9-18)15-21-16-29-17(2)26-21/h5-7,12,16,18H,4,8-11,13-15H2,1-3H3,(H,24,25). The number of aryl methyl sites for hydroxylation is 1. The van der Waals surface area contributed by atoms with Crippen molar-refractivity contribution in [1.29, 1.82) is 0 Å². The van der Waals surface area contributed by atoms with Crippen LogP contribution in [0.3, 0.4) is 0 Å². The number of rotatable bonds is 7. The molecule has 158 valence electrons. The second-order valence-electron chi connectivity index (χ2n) is 7.76. The molecule has 5 nitrogen and oxygen atoms in total. The first-order chi connectivity index (χ1) is 14.0. The van der Waals surface area contributed by atoms with Gasteiger partial charge in [0.15, 0.2) is 5.96 Å². The molecule has 1 saturated heterocycles. The number of hydrogen-bond donors (Lipinski definition) is 1. The van der Waals surface area contributed by atoms with Gasteiger partial charge in [-0.05, 0) is 63.4 Å². The summed E-state index contributed by atoms with van der Waals surface area (Å²) in [6.45, 7) is 9.58. The number of thiazole rings is 1. The first-order valence-corrected chi connectivity index (χ1v) is 11.3. The molecule has 0 aliphatic carbocycles. The summed E-state index contributed by atoms with van der Waals surface area (Å²) >= 11 is 1.73. The van der Waals surface area contributed by atoms with E-state index in [2.05, 4.69) is 39.3 Å². The Labute approximate surface area is 177 Å². The van der Waals surface area contributed by atoms with Gasteiger partial charge >= 0.3 is 0 Å². The lowest BCUT2D eigenvalue weighted by molar-refractivity contribution is 0.179.